The number of hydrogen-bond donors (Lipinski definition) is 2. The summed E-state index contributed by atoms with van der Waals surface area (Å²) in [7, 11) is 0. The first-order valence-electron chi connectivity index (χ1n) is 10.3. The number of carbonyl (C=O) groups is 1. The van der Waals surface area contributed by atoms with E-state index in [1.165, 1.54) is 0 Å². The maximum Gasteiger partial charge on any atom is 0.315 e. The summed E-state index contributed by atoms with van der Waals surface area (Å²) in [5, 5.41) is 6.15. The summed E-state index contributed by atoms with van der Waals surface area (Å²) in [6.07, 6.45) is 0. The van der Waals surface area contributed by atoms with Crippen molar-refractivity contribution in [3.05, 3.63) is 65.7 Å². The van der Waals surface area contributed by atoms with E-state index in [9.17, 15) is 4.79 Å². The van der Waals surface area contributed by atoms with Crippen molar-refractivity contribution in [3.63, 3.8) is 0 Å². The number of ether oxygens (including phenoxy) is 2. The van der Waals surface area contributed by atoms with Gasteiger partial charge in [0, 0.05) is 25.7 Å². The second kappa shape index (κ2) is 10.8. The normalized spacial score (nSPS) is 16.6. The molecule has 1 saturated heterocycles. The Hall–Kier alpha value is -2.57. The van der Waals surface area contributed by atoms with Crippen molar-refractivity contribution in [2.45, 2.75) is 25.9 Å². The van der Waals surface area contributed by atoms with Crippen LogP contribution < -0.4 is 15.4 Å². The minimum Gasteiger partial charge on any atom is -0.494 e. The van der Waals surface area contributed by atoms with Gasteiger partial charge in [0.2, 0.25) is 0 Å². The van der Waals surface area contributed by atoms with Crippen LogP contribution in [0.3, 0.4) is 0 Å². The van der Waals surface area contributed by atoms with Gasteiger partial charge < -0.3 is 20.1 Å². The molecule has 156 valence electrons. The molecule has 6 heteroatoms. The Morgan fingerprint density at radius 3 is 2.38 bits per heavy atom. The molecule has 0 spiro atoms. The van der Waals surface area contributed by atoms with Crippen LogP contribution in [0.5, 0.6) is 5.75 Å². The molecular formula is C23H31N3O3. The molecule has 1 heterocycles. The maximum atomic E-state index is 12.7. The summed E-state index contributed by atoms with van der Waals surface area (Å²) >= 11 is 0. The number of rotatable bonds is 8. The summed E-state index contributed by atoms with van der Waals surface area (Å²) < 4.78 is 10.9. The van der Waals surface area contributed by atoms with Gasteiger partial charge in [-0.05, 0) is 37.1 Å². The summed E-state index contributed by atoms with van der Waals surface area (Å²) in [4.78, 5) is 15.0. The van der Waals surface area contributed by atoms with Crippen molar-refractivity contribution < 1.29 is 14.3 Å². The van der Waals surface area contributed by atoms with Crippen molar-refractivity contribution in [1.29, 1.82) is 0 Å². The van der Waals surface area contributed by atoms with E-state index >= 15 is 0 Å². The summed E-state index contributed by atoms with van der Waals surface area (Å²) in [5.74, 6) is 0.826. The number of nitrogens with zero attached hydrogens (tertiary/aromatic N) is 1. The lowest BCUT2D eigenvalue weighted by atomic mass is 9.99. The van der Waals surface area contributed by atoms with E-state index < -0.39 is 0 Å². The summed E-state index contributed by atoms with van der Waals surface area (Å²) in [5.41, 5.74) is 2.05. The molecule has 1 aliphatic heterocycles. The molecule has 2 unspecified atom stereocenters. The zero-order valence-corrected chi connectivity index (χ0v) is 17.3. The molecule has 1 aliphatic rings. The van der Waals surface area contributed by atoms with Gasteiger partial charge in [0.05, 0.1) is 25.9 Å². The van der Waals surface area contributed by atoms with E-state index in [0.717, 1.165) is 43.2 Å². The number of benzene rings is 2. The van der Waals surface area contributed by atoms with Crippen molar-refractivity contribution in [2.75, 3.05) is 39.5 Å². The third-order valence-electron chi connectivity index (χ3n) is 5.16. The average molecular weight is 398 g/mol. The highest BCUT2D eigenvalue weighted by molar-refractivity contribution is 5.75. The number of hydrogen-bond acceptors (Lipinski definition) is 4. The minimum absolute atomic E-state index is 0.173. The molecule has 0 saturated carbocycles. The molecule has 2 aromatic carbocycles. The van der Waals surface area contributed by atoms with Crippen LogP contribution in [0.15, 0.2) is 54.6 Å². The molecule has 2 aromatic rings. The quantitative estimate of drug-likeness (QED) is 0.718. The molecule has 6 nitrogen and oxygen atoms in total. The molecule has 0 radical (unpaired) electrons. The van der Waals surface area contributed by atoms with Crippen LogP contribution in [0.4, 0.5) is 4.79 Å². The number of urea groups is 1. The Morgan fingerprint density at radius 1 is 1.07 bits per heavy atom. The Labute approximate surface area is 173 Å². The van der Waals surface area contributed by atoms with Crippen LogP contribution in [0, 0.1) is 0 Å². The monoisotopic (exact) mass is 397 g/mol. The highest BCUT2D eigenvalue weighted by Crippen LogP contribution is 2.24. The number of nitrogens with one attached hydrogen (secondary N) is 2. The molecule has 0 aliphatic carbocycles. The second-order valence-electron chi connectivity index (χ2n) is 7.20. The fraction of sp³-hybridized carbons (Fsp3) is 0.435. The Kier molecular flexibility index (Phi) is 7.90. The molecular weight excluding hydrogens is 366 g/mol. The first-order chi connectivity index (χ1) is 14.2. The Morgan fingerprint density at radius 2 is 1.72 bits per heavy atom. The fourth-order valence-electron chi connectivity index (χ4n) is 3.50. The topological polar surface area (TPSA) is 62.8 Å². The molecule has 2 amide bonds. The van der Waals surface area contributed by atoms with E-state index in [1.54, 1.807) is 0 Å². The van der Waals surface area contributed by atoms with E-state index in [4.69, 9.17) is 9.47 Å². The molecule has 1 fully saturated rings. The summed E-state index contributed by atoms with van der Waals surface area (Å²) in [6, 6.07) is 17.7. The molecule has 3 rings (SSSR count). The van der Waals surface area contributed by atoms with Gasteiger partial charge in [0.25, 0.3) is 0 Å². The standard InChI is InChI=1S/C23H31N3O3/c1-3-29-21-11-9-20(10-12-21)22(19-7-5-4-6-8-19)25-23(27)24-17-18(2)26-13-15-28-16-14-26/h4-12,18,22H,3,13-17H2,1-2H3,(H2,24,25,27). The van der Waals surface area contributed by atoms with E-state index in [-0.39, 0.29) is 18.1 Å². The van der Waals surface area contributed by atoms with Crippen LogP contribution in [0.25, 0.3) is 0 Å². The summed E-state index contributed by atoms with van der Waals surface area (Å²) in [6.45, 7) is 8.64. The second-order valence-corrected chi connectivity index (χ2v) is 7.20. The van der Waals surface area contributed by atoms with Crippen LogP contribution in [0.2, 0.25) is 0 Å². The van der Waals surface area contributed by atoms with Crippen molar-refractivity contribution in [3.8, 4) is 5.75 Å². The van der Waals surface area contributed by atoms with Crippen LogP contribution >= 0.6 is 0 Å². The van der Waals surface area contributed by atoms with Gasteiger partial charge in [0.15, 0.2) is 0 Å². The third kappa shape index (κ3) is 6.21. The minimum atomic E-state index is -0.231. The highest BCUT2D eigenvalue weighted by Gasteiger charge is 2.20. The van der Waals surface area contributed by atoms with Crippen LogP contribution in [-0.2, 0) is 4.74 Å². The lowest BCUT2D eigenvalue weighted by molar-refractivity contribution is 0.0209. The van der Waals surface area contributed by atoms with Crippen LogP contribution in [0.1, 0.15) is 31.0 Å². The maximum absolute atomic E-state index is 12.7. The third-order valence-corrected chi connectivity index (χ3v) is 5.16. The molecule has 0 bridgehead atoms. The zero-order chi connectivity index (χ0) is 20.5. The van der Waals surface area contributed by atoms with Gasteiger partial charge in [-0.2, -0.15) is 0 Å². The van der Waals surface area contributed by atoms with Gasteiger partial charge in [-0.15, -0.1) is 0 Å². The van der Waals surface area contributed by atoms with E-state index in [1.807, 2.05) is 61.5 Å². The molecule has 2 N–H and O–H groups in total. The van der Waals surface area contributed by atoms with Crippen molar-refractivity contribution in [1.82, 2.24) is 15.5 Å². The number of amides is 2. The van der Waals surface area contributed by atoms with Crippen molar-refractivity contribution in [2.24, 2.45) is 0 Å². The average Bonchev–Trinajstić information content (AvgIpc) is 2.78. The van der Waals surface area contributed by atoms with Gasteiger partial charge in [0.1, 0.15) is 5.75 Å². The van der Waals surface area contributed by atoms with Crippen LogP contribution in [-0.4, -0.2) is 56.4 Å². The lowest BCUT2D eigenvalue weighted by Crippen LogP contribution is -2.49. The van der Waals surface area contributed by atoms with E-state index in [2.05, 4.69) is 22.5 Å². The molecule has 2 atom stereocenters. The zero-order valence-electron chi connectivity index (χ0n) is 17.3. The van der Waals surface area contributed by atoms with E-state index in [0.29, 0.717) is 13.2 Å². The molecule has 0 aromatic heterocycles. The first-order valence-corrected chi connectivity index (χ1v) is 10.3. The Bertz CT molecular complexity index is 746. The van der Waals surface area contributed by atoms with Gasteiger partial charge in [-0.3, -0.25) is 4.90 Å². The number of morpholine rings is 1. The lowest BCUT2D eigenvalue weighted by Gasteiger charge is -2.32. The van der Waals surface area contributed by atoms with Crippen molar-refractivity contribution >= 4 is 6.03 Å². The smallest absolute Gasteiger partial charge is 0.315 e. The first kappa shape index (κ1) is 21.1. The highest BCUT2D eigenvalue weighted by atomic mass is 16.5. The molecule has 29 heavy (non-hydrogen) atoms. The largest absolute Gasteiger partial charge is 0.494 e. The van der Waals surface area contributed by atoms with Gasteiger partial charge in [-0.1, -0.05) is 42.5 Å². The Balaban J connectivity index is 1.64. The predicted octanol–water partition coefficient (Wildman–Crippen LogP) is 3.19. The SMILES string of the molecule is CCOc1ccc(C(NC(=O)NCC(C)N2CCOCC2)c2ccccc2)cc1. The van der Waals surface area contributed by atoms with Gasteiger partial charge >= 0.3 is 6.03 Å². The van der Waals surface area contributed by atoms with Gasteiger partial charge in [-0.25, -0.2) is 4.79 Å². The number of carbonyl (C=O) groups excluding carboxylic acids is 1. The fourth-order valence-corrected chi connectivity index (χ4v) is 3.50. The predicted molar refractivity (Wildman–Crippen MR) is 114 cm³/mol.